The monoisotopic (exact) mass is 160 g/mol. The van der Waals surface area contributed by atoms with Crippen LogP contribution >= 0.6 is 0 Å². The number of aromatic nitrogens is 1. The molecule has 0 aromatic carbocycles. The Morgan fingerprint density at radius 1 is 1.67 bits per heavy atom. The van der Waals surface area contributed by atoms with Gasteiger partial charge in [-0.2, -0.15) is 0 Å². The molecular formula is C10H12N2. The smallest absolute Gasteiger partial charge is 0.0636 e. The van der Waals surface area contributed by atoms with E-state index in [1.165, 1.54) is 0 Å². The number of pyridine rings is 1. The first kappa shape index (κ1) is 8.76. The molecule has 1 unspecified atom stereocenters. The quantitative estimate of drug-likeness (QED) is 0.622. The van der Waals surface area contributed by atoms with E-state index in [-0.39, 0.29) is 6.04 Å². The third-order valence-corrected chi connectivity index (χ3v) is 1.35. The lowest BCUT2D eigenvalue weighted by Crippen LogP contribution is -2.10. The summed E-state index contributed by atoms with van der Waals surface area (Å²) in [5.74, 6) is 5.88. The number of hydrogen-bond acceptors (Lipinski definition) is 2. The number of nitrogens with zero attached hydrogens (tertiary/aromatic N) is 1. The van der Waals surface area contributed by atoms with E-state index in [0.29, 0.717) is 0 Å². The van der Waals surface area contributed by atoms with Gasteiger partial charge in [0.1, 0.15) is 0 Å². The van der Waals surface area contributed by atoms with Gasteiger partial charge < -0.3 is 5.73 Å². The Labute approximate surface area is 72.8 Å². The molecule has 0 amide bonds. The van der Waals surface area contributed by atoms with Crippen molar-refractivity contribution in [2.75, 3.05) is 0 Å². The van der Waals surface area contributed by atoms with Crippen molar-refractivity contribution in [3.8, 4) is 11.8 Å². The molecule has 0 aliphatic rings. The van der Waals surface area contributed by atoms with E-state index in [1.54, 1.807) is 6.20 Å². The molecule has 2 nitrogen and oxygen atoms in total. The van der Waals surface area contributed by atoms with Crippen LogP contribution in [0.2, 0.25) is 0 Å². The maximum absolute atomic E-state index is 5.47. The Morgan fingerprint density at radius 3 is 3.08 bits per heavy atom. The summed E-state index contributed by atoms with van der Waals surface area (Å²) in [5.41, 5.74) is 6.60. The van der Waals surface area contributed by atoms with Crippen molar-refractivity contribution in [3.05, 3.63) is 30.1 Å². The lowest BCUT2D eigenvalue weighted by atomic mass is 10.2. The summed E-state index contributed by atoms with van der Waals surface area (Å²) in [6.07, 6.45) is 4.30. The fraction of sp³-hybridized carbons (Fsp3) is 0.300. The minimum absolute atomic E-state index is 0.0401. The molecule has 1 aromatic heterocycles. The molecule has 2 N–H and O–H groups in total. The maximum Gasteiger partial charge on any atom is 0.0636 e. The Bertz CT molecular complexity index is 280. The lowest BCUT2D eigenvalue weighted by Gasteiger charge is -1.91. The van der Waals surface area contributed by atoms with Gasteiger partial charge in [-0.3, -0.25) is 4.98 Å². The first-order valence-electron chi connectivity index (χ1n) is 3.92. The van der Waals surface area contributed by atoms with Crippen molar-refractivity contribution in [3.63, 3.8) is 0 Å². The Kier molecular flexibility index (Phi) is 3.31. The van der Waals surface area contributed by atoms with E-state index >= 15 is 0 Å². The first-order chi connectivity index (χ1) is 5.79. The van der Waals surface area contributed by atoms with Crippen LogP contribution < -0.4 is 5.73 Å². The highest BCUT2D eigenvalue weighted by atomic mass is 14.6. The largest absolute Gasteiger partial charge is 0.318 e. The number of nitrogens with two attached hydrogens (primary N) is 1. The highest BCUT2D eigenvalue weighted by molar-refractivity contribution is 5.18. The van der Waals surface area contributed by atoms with Crippen molar-refractivity contribution >= 4 is 0 Å². The maximum atomic E-state index is 5.47. The molecule has 0 aliphatic heterocycles. The third-order valence-electron chi connectivity index (χ3n) is 1.35. The molecule has 62 valence electrons. The molecule has 0 radical (unpaired) electrons. The molecule has 0 fully saturated rings. The predicted molar refractivity (Wildman–Crippen MR) is 49.4 cm³/mol. The molecular weight excluding hydrogens is 148 g/mol. The number of rotatable bonds is 1. The van der Waals surface area contributed by atoms with Crippen LogP contribution in [0.1, 0.15) is 12.5 Å². The van der Waals surface area contributed by atoms with Gasteiger partial charge in [-0.25, -0.2) is 0 Å². The normalized spacial score (nSPS) is 11.5. The van der Waals surface area contributed by atoms with Crippen LogP contribution in [0.25, 0.3) is 0 Å². The second kappa shape index (κ2) is 4.53. The topological polar surface area (TPSA) is 38.9 Å². The second-order valence-electron chi connectivity index (χ2n) is 2.65. The summed E-state index contributed by atoms with van der Waals surface area (Å²) in [4.78, 5) is 3.98. The molecule has 0 aliphatic carbocycles. The van der Waals surface area contributed by atoms with Crippen LogP contribution in [-0.2, 0) is 6.42 Å². The fourth-order valence-corrected chi connectivity index (χ4v) is 0.817. The van der Waals surface area contributed by atoms with Gasteiger partial charge in [0.15, 0.2) is 0 Å². The summed E-state index contributed by atoms with van der Waals surface area (Å²) >= 11 is 0. The van der Waals surface area contributed by atoms with Crippen LogP contribution in [0.15, 0.2) is 24.5 Å². The van der Waals surface area contributed by atoms with E-state index in [4.69, 9.17) is 5.73 Å². The zero-order valence-corrected chi connectivity index (χ0v) is 7.12. The fourth-order valence-electron chi connectivity index (χ4n) is 0.817. The lowest BCUT2D eigenvalue weighted by molar-refractivity contribution is 0.957. The molecule has 12 heavy (non-hydrogen) atoms. The van der Waals surface area contributed by atoms with Gasteiger partial charge in [0.05, 0.1) is 6.04 Å². The van der Waals surface area contributed by atoms with Crippen molar-refractivity contribution in [1.29, 1.82) is 0 Å². The van der Waals surface area contributed by atoms with Crippen molar-refractivity contribution in [1.82, 2.24) is 4.98 Å². The summed E-state index contributed by atoms with van der Waals surface area (Å²) in [6.45, 7) is 1.87. The van der Waals surface area contributed by atoms with Gasteiger partial charge >= 0.3 is 0 Å². The molecule has 0 spiro atoms. The highest BCUT2D eigenvalue weighted by Gasteiger charge is 1.86. The first-order valence-corrected chi connectivity index (χ1v) is 3.92. The Balaban J connectivity index is 2.51. The Hall–Kier alpha value is -1.33. The minimum atomic E-state index is -0.0401. The molecule has 2 heteroatoms. The summed E-state index contributed by atoms with van der Waals surface area (Å²) in [7, 11) is 0. The van der Waals surface area contributed by atoms with Crippen LogP contribution in [0.3, 0.4) is 0 Å². The third kappa shape index (κ3) is 3.18. The molecule has 1 atom stereocenters. The Morgan fingerprint density at radius 2 is 2.50 bits per heavy atom. The van der Waals surface area contributed by atoms with E-state index in [2.05, 4.69) is 16.8 Å². The molecule has 0 bridgehead atoms. The number of hydrogen-bond donors (Lipinski definition) is 1. The minimum Gasteiger partial charge on any atom is -0.318 e. The summed E-state index contributed by atoms with van der Waals surface area (Å²) < 4.78 is 0. The van der Waals surface area contributed by atoms with E-state index in [0.717, 1.165) is 12.0 Å². The van der Waals surface area contributed by atoms with Crippen LogP contribution in [0, 0.1) is 11.8 Å². The van der Waals surface area contributed by atoms with Crippen molar-refractivity contribution in [2.24, 2.45) is 5.73 Å². The van der Waals surface area contributed by atoms with Gasteiger partial charge in [0.2, 0.25) is 0 Å². The van der Waals surface area contributed by atoms with Crippen LogP contribution in [-0.4, -0.2) is 11.0 Å². The van der Waals surface area contributed by atoms with Crippen molar-refractivity contribution in [2.45, 2.75) is 19.4 Å². The SMILES string of the molecule is CC(N)C#CCc1cccnc1. The van der Waals surface area contributed by atoms with Gasteiger partial charge in [-0.1, -0.05) is 17.9 Å². The summed E-state index contributed by atoms with van der Waals surface area (Å²) in [6, 6.07) is 3.87. The molecule has 1 heterocycles. The van der Waals surface area contributed by atoms with Crippen molar-refractivity contribution < 1.29 is 0 Å². The summed E-state index contributed by atoms with van der Waals surface area (Å²) in [5, 5.41) is 0. The van der Waals surface area contributed by atoms with E-state index < -0.39 is 0 Å². The van der Waals surface area contributed by atoms with Gasteiger partial charge in [0, 0.05) is 18.8 Å². The predicted octanol–water partition coefficient (Wildman–Crippen LogP) is 0.975. The molecule has 0 saturated heterocycles. The standard InChI is InChI=1S/C10H12N2/c1-9(11)4-2-5-10-6-3-7-12-8-10/h3,6-9H,5,11H2,1H3. The second-order valence-corrected chi connectivity index (χ2v) is 2.65. The zero-order valence-electron chi connectivity index (χ0n) is 7.12. The average Bonchev–Trinajstić information content (AvgIpc) is 2.05. The van der Waals surface area contributed by atoms with Gasteiger partial charge in [-0.05, 0) is 18.6 Å². The molecule has 0 saturated carbocycles. The molecule has 1 rings (SSSR count). The van der Waals surface area contributed by atoms with Gasteiger partial charge in [0.25, 0.3) is 0 Å². The highest BCUT2D eigenvalue weighted by Crippen LogP contribution is 1.94. The van der Waals surface area contributed by atoms with Crippen LogP contribution in [0.5, 0.6) is 0 Å². The zero-order chi connectivity index (χ0) is 8.81. The van der Waals surface area contributed by atoms with E-state index in [9.17, 15) is 0 Å². The van der Waals surface area contributed by atoms with Crippen LogP contribution in [0.4, 0.5) is 0 Å². The molecule has 1 aromatic rings. The average molecular weight is 160 g/mol. The van der Waals surface area contributed by atoms with Gasteiger partial charge in [-0.15, -0.1) is 0 Å². The van der Waals surface area contributed by atoms with E-state index in [1.807, 2.05) is 25.3 Å².